The van der Waals surface area contributed by atoms with Gasteiger partial charge in [-0.05, 0) is 24.1 Å². The minimum absolute atomic E-state index is 0.0909. The number of carbonyl (C=O) groups excluding carboxylic acids is 1. The smallest absolute Gasteiger partial charge is 0.233 e. The summed E-state index contributed by atoms with van der Waals surface area (Å²) in [5, 5.41) is 0.829. The third kappa shape index (κ3) is 4.31. The van der Waals surface area contributed by atoms with E-state index in [1.165, 1.54) is 17.3 Å². The van der Waals surface area contributed by atoms with Crippen LogP contribution in [0.1, 0.15) is 11.1 Å². The highest BCUT2D eigenvalue weighted by Crippen LogP contribution is 2.22. The van der Waals surface area contributed by atoms with Gasteiger partial charge in [-0.15, -0.1) is 0 Å². The first kappa shape index (κ1) is 17.3. The highest BCUT2D eigenvalue weighted by Gasteiger charge is 2.13. The van der Waals surface area contributed by atoms with Gasteiger partial charge in [-0.25, -0.2) is 4.98 Å². The van der Waals surface area contributed by atoms with Crippen LogP contribution < -0.4 is 0 Å². The molecular formula is C20H21N3OS. The van der Waals surface area contributed by atoms with Crippen LogP contribution in [0.3, 0.4) is 0 Å². The van der Waals surface area contributed by atoms with Crippen molar-refractivity contribution < 1.29 is 4.79 Å². The van der Waals surface area contributed by atoms with Crippen molar-refractivity contribution in [3.8, 4) is 5.69 Å². The van der Waals surface area contributed by atoms with Gasteiger partial charge in [-0.3, -0.25) is 9.36 Å². The number of thioether (sulfide) groups is 1. The van der Waals surface area contributed by atoms with E-state index in [9.17, 15) is 4.79 Å². The van der Waals surface area contributed by atoms with Crippen LogP contribution in [0.5, 0.6) is 0 Å². The van der Waals surface area contributed by atoms with E-state index in [4.69, 9.17) is 0 Å². The molecule has 5 heteroatoms. The number of imidazole rings is 1. The van der Waals surface area contributed by atoms with Crippen LogP contribution in [0, 0.1) is 6.92 Å². The summed E-state index contributed by atoms with van der Waals surface area (Å²) in [6.07, 6.45) is 3.70. The number of hydrogen-bond acceptors (Lipinski definition) is 3. The second kappa shape index (κ2) is 8.03. The fourth-order valence-corrected chi connectivity index (χ4v) is 3.50. The quantitative estimate of drug-likeness (QED) is 0.632. The van der Waals surface area contributed by atoms with Crippen LogP contribution in [0.4, 0.5) is 0 Å². The molecule has 0 aliphatic heterocycles. The summed E-state index contributed by atoms with van der Waals surface area (Å²) in [4.78, 5) is 18.6. The lowest BCUT2D eigenvalue weighted by Crippen LogP contribution is -2.27. The third-order valence-corrected chi connectivity index (χ3v) is 4.95. The maximum Gasteiger partial charge on any atom is 0.233 e. The molecule has 0 radical (unpaired) electrons. The molecule has 1 heterocycles. The van der Waals surface area contributed by atoms with Crippen molar-refractivity contribution in [2.45, 2.75) is 18.6 Å². The monoisotopic (exact) mass is 351 g/mol. The summed E-state index contributed by atoms with van der Waals surface area (Å²) in [5.41, 5.74) is 3.40. The number of hydrogen-bond donors (Lipinski definition) is 0. The maximum absolute atomic E-state index is 12.4. The average molecular weight is 351 g/mol. The number of nitrogens with zero attached hydrogens (tertiary/aromatic N) is 3. The van der Waals surface area contributed by atoms with Gasteiger partial charge in [-0.1, -0.05) is 60.3 Å². The zero-order valence-corrected chi connectivity index (χ0v) is 15.2. The summed E-state index contributed by atoms with van der Waals surface area (Å²) in [6, 6.07) is 18.2. The van der Waals surface area contributed by atoms with E-state index < -0.39 is 0 Å². The van der Waals surface area contributed by atoms with Crippen LogP contribution in [-0.4, -0.2) is 33.2 Å². The number of rotatable bonds is 6. The lowest BCUT2D eigenvalue weighted by molar-refractivity contribution is -0.127. The molecule has 0 saturated carbocycles. The van der Waals surface area contributed by atoms with E-state index in [1.54, 1.807) is 11.1 Å². The lowest BCUT2D eigenvalue weighted by atomic mass is 10.2. The van der Waals surface area contributed by atoms with Gasteiger partial charge in [0, 0.05) is 26.0 Å². The molecule has 4 nitrogen and oxygen atoms in total. The third-order valence-electron chi connectivity index (χ3n) is 3.99. The molecule has 0 unspecified atom stereocenters. The van der Waals surface area contributed by atoms with E-state index in [2.05, 4.69) is 24.0 Å². The number of benzene rings is 2. The molecule has 0 bridgehead atoms. The van der Waals surface area contributed by atoms with Crippen LogP contribution in [0.15, 0.2) is 72.1 Å². The molecule has 0 saturated heterocycles. The van der Waals surface area contributed by atoms with Crippen LogP contribution in [0.25, 0.3) is 5.69 Å². The Morgan fingerprint density at radius 2 is 1.84 bits per heavy atom. The SMILES string of the molecule is Cc1ccccc1-n1ccnc1SCC(=O)N(C)Cc1ccccc1. The molecule has 0 spiro atoms. The number of aromatic nitrogens is 2. The number of aryl methyl sites for hydroxylation is 1. The van der Waals surface area contributed by atoms with Crippen molar-refractivity contribution in [2.75, 3.05) is 12.8 Å². The Kier molecular flexibility index (Phi) is 5.56. The summed E-state index contributed by atoms with van der Waals surface area (Å²) in [5.74, 6) is 0.458. The van der Waals surface area contributed by atoms with Gasteiger partial charge in [-0.2, -0.15) is 0 Å². The number of carbonyl (C=O) groups is 1. The minimum atomic E-state index is 0.0909. The Morgan fingerprint density at radius 1 is 1.12 bits per heavy atom. The van der Waals surface area contributed by atoms with E-state index in [0.717, 1.165) is 16.4 Å². The van der Waals surface area contributed by atoms with Crippen molar-refractivity contribution in [1.29, 1.82) is 0 Å². The topological polar surface area (TPSA) is 38.1 Å². The molecule has 128 valence electrons. The van der Waals surface area contributed by atoms with E-state index in [-0.39, 0.29) is 5.91 Å². The van der Waals surface area contributed by atoms with Crippen molar-refractivity contribution in [2.24, 2.45) is 0 Å². The Hall–Kier alpha value is -2.53. The van der Waals surface area contributed by atoms with Gasteiger partial charge in [0.05, 0.1) is 11.4 Å². The Labute approximate surface area is 152 Å². The molecule has 0 aliphatic rings. The summed E-state index contributed by atoms with van der Waals surface area (Å²) in [7, 11) is 1.84. The second-order valence-electron chi connectivity index (χ2n) is 5.89. The maximum atomic E-state index is 12.4. The molecular weight excluding hydrogens is 330 g/mol. The molecule has 25 heavy (non-hydrogen) atoms. The summed E-state index contributed by atoms with van der Waals surface area (Å²) >= 11 is 1.46. The van der Waals surface area contributed by atoms with Gasteiger partial charge in [0.15, 0.2) is 5.16 Å². The van der Waals surface area contributed by atoms with E-state index in [1.807, 2.05) is 60.3 Å². The lowest BCUT2D eigenvalue weighted by Gasteiger charge is -2.17. The molecule has 0 N–H and O–H groups in total. The molecule has 0 aliphatic carbocycles. The second-order valence-corrected chi connectivity index (χ2v) is 6.83. The largest absolute Gasteiger partial charge is 0.341 e. The van der Waals surface area contributed by atoms with Crippen molar-refractivity contribution in [3.05, 3.63) is 78.1 Å². The standard InChI is InChI=1S/C20H21N3OS/c1-16-8-6-7-11-18(16)23-13-12-21-20(23)25-15-19(24)22(2)14-17-9-4-3-5-10-17/h3-13H,14-15H2,1-2H3. The molecule has 3 aromatic rings. The van der Waals surface area contributed by atoms with E-state index in [0.29, 0.717) is 12.3 Å². The fraction of sp³-hybridized carbons (Fsp3) is 0.200. The summed E-state index contributed by atoms with van der Waals surface area (Å²) < 4.78 is 2.03. The van der Waals surface area contributed by atoms with Crippen molar-refractivity contribution >= 4 is 17.7 Å². The predicted molar refractivity (Wildman–Crippen MR) is 102 cm³/mol. The Balaban J connectivity index is 1.63. The van der Waals surface area contributed by atoms with E-state index >= 15 is 0 Å². The summed E-state index contributed by atoms with van der Waals surface area (Å²) in [6.45, 7) is 2.69. The van der Waals surface area contributed by atoms with Gasteiger partial charge < -0.3 is 4.90 Å². The predicted octanol–water partition coefficient (Wildman–Crippen LogP) is 3.93. The molecule has 2 aromatic carbocycles. The van der Waals surface area contributed by atoms with Crippen molar-refractivity contribution in [3.63, 3.8) is 0 Å². The zero-order chi connectivity index (χ0) is 17.6. The normalized spacial score (nSPS) is 10.6. The molecule has 1 aromatic heterocycles. The van der Waals surface area contributed by atoms with Crippen LogP contribution in [-0.2, 0) is 11.3 Å². The Bertz CT molecular complexity index is 845. The molecule has 3 rings (SSSR count). The molecule has 0 atom stereocenters. The first-order valence-corrected chi connectivity index (χ1v) is 9.14. The highest BCUT2D eigenvalue weighted by atomic mass is 32.2. The van der Waals surface area contributed by atoms with Crippen LogP contribution in [0.2, 0.25) is 0 Å². The fourth-order valence-electron chi connectivity index (χ4n) is 2.60. The Morgan fingerprint density at radius 3 is 2.60 bits per heavy atom. The number of amides is 1. The number of para-hydroxylation sites is 1. The first-order chi connectivity index (χ1) is 12.1. The van der Waals surface area contributed by atoms with Gasteiger partial charge in [0.25, 0.3) is 0 Å². The average Bonchev–Trinajstić information content (AvgIpc) is 3.09. The minimum Gasteiger partial charge on any atom is -0.341 e. The highest BCUT2D eigenvalue weighted by molar-refractivity contribution is 7.99. The zero-order valence-electron chi connectivity index (χ0n) is 14.4. The van der Waals surface area contributed by atoms with Gasteiger partial charge in [0.2, 0.25) is 5.91 Å². The van der Waals surface area contributed by atoms with Gasteiger partial charge in [0.1, 0.15) is 0 Å². The molecule has 1 amide bonds. The van der Waals surface area contributed by atoms with Crippen LogP contribution >= 0.6 is 11.8 Å². The van der Waals surface area contributed by atoms with Gasteiger partial charge >= 0.3 is 0 Å². The first-order valence-electron chi connectivity index (χ1n) is 8.15. The molecule has 0 fully saturated rings. The van der Waals surface area contributed by atoms with Crippen molar-refractivity contribution in [1.82, 2.24) is 14.5 Å².